The minimum atomic E-state index is -1.08. The quantitative estimate of drug-likeness (QED) is 0.687. The number of ether oxygens (including phenoxy) is 3. The summed E-state index contributed by atoms with van der Waals surface area (Å²) in [4.78, 5) is 12.3. The zero-order valence-electron chi connectivity index (χ0n) is 18.4. The van der Waals surface area contributed by atoms with Crippen LogP contribution in [-0.2, 0) is 19.9 Å². The second kappa shape index (κ2) is 7.45. The SMILES string of the molecule is COC1=C(O)c2ccccc2C2OC(c3ccc(OC)cc3)(C(C)(C)C)C(=C=O)C=C12. The summed E-state index contributed by atoms with van der Waals surface area (Å²) in [7, 11) is 3.11. The normalized spacial score (nSPS) is 22.8. The lowest BCUT2D eigenvalue weighted by Crippen LogP contribution is -2.48. The lowest BCUT2D eigenvalue weighted by molar-refractivity contribution is -0.130. The molecule has 0 saturated carbocycles. The minimum absolute atomic E-state index is 0.0298. The van der Waals surface area contributed by atoms with Crippen molar-refractivity contribution >= 4 is 11.7 Å². The lowest BCUT2D eigenvalue weighted by atomic mass is 9.65. The third-order valence-corrected chi connectivity index (χ3v) is 6.10. The molecule has 0 fully saturated rings. The maximum Gasteiger partial charge on any atom is 0.167 e. The molecule has 160 valence electrons. The highest BCUT2D eigenvalue weighted by molar-refractivity contribution is 5.76. The Labute approximate surface area is 182 Å². The summed E-state index contributed by atoms with van der Waals surface area (Å²) in [6, 6.07) is 15.1. The fraction of sp³-hybridized carbons (Fsp3) is 0.308. The van der Waals surface area contributed by atoms with Crippen LogP contribution in [0.1, 0.15) is 43.6 Å². The van der Waals surface area contributed by atoms with Crippen LogP contribution >= 0.6 is 0 Å². The highest BCUT2D eigenvalue weighted by Crippen LogP contribution is 2.57. The Balaban J connectivity index is 2.02. The van der Waals surface area contributed by atoms with Gasteiger partial charge in [-0.3, -0.25) is 0 Å². The van der Waals surface area contributed by atoms with E-state index in [9.17, 15) is 9.90 Å². The van der Waals surface area contributed by atoms with Crippen molar-refractivity contribution in [2.24, 2.45) is 5.41 Å². The number of hydrogen-bond acceptors (Lipinski definition) is 5. The van der Waals surface area contributed by atoms with E-state index in [2.05, 4.69) is 5.94 Å². The topological polar surface area (TPSA) is 65.0 Å². The number of rotatable bonds is 3. The maximum absolute atomic E-state index is 12.3. The molecule has 1 heterocycles. The monoisotopic (exact) mass is 418 g/mol. The standard InChI is InChI=1S/C26H26O5/c1-25(2,3)26(16-10-12-18(29-4)13-11-16)17(15-27)14-21-23(31-26)20-9-7-6-8-19(20)22(28)24(21)30-5/h6-14,23,28H,1-5H3. The zero-order valence-corrected chi connectivity index (χ0v) is 18.4. The van der Waals surface area contributed by atoms with Gasteiger partial charge in [0.05, 0.1) is 19.8 Å². The fourth-order valence-electron chi connectivity index (χ4n) is 4.63. The number of aliphatic hydroxyl groups excluding tert-OH is 1. The van der Waals surface area contributed by atoms with Crippen LogP contribution in [0.4, 0.5) is 0 Å². The van der Waals surface area contributed by atoms with Gasteiger partial charge >= 0.3 is 0 Å². The average Bonchev–Trinajstić information content (AvgIpc) is 2.78. The first-order chi connectivity index (χ1) is 14.8. The molecular formula is C26H26O5. The third-order valence-electron chi connectivity index (χ3n) is 6.10. The van der Waals surface area contributed by atoms with E-state index >= 15 is 0 Å². The number of aliphatic hydroxyl groups is 1. The summed E-state index contributed by atoms with van der Waals surface area (Å²) < 4.78 is 17.7. The third kappa shape index (κ3) is 3.01. The van der Waals surface area contributed by atoms with Gasteiger partial charge in [0.25, 0.3) is 0 Å². The smallest absolute Gasteiger partial charge is 0.167 e. The molecule has 2 aromatic rings. The van der Waals surface area contributed by atoms with Crippen LogP contribution in [0.3, 0.4) is 0 Å². The van der Waals surface area contributed by atoms with Crippen molar-refractivity contribution in [2.75, 3.05) is 14.2 Å². The predicted octanol–water partition coefficient (Wildman–Crippen LogP) is 5.28. The van der Waals surface area contributed by atoms with Crippen molar-refractivity contribution in [1.82, 2.24) is 0 Å². The molecule has 0 spiro atoms. The number of hydrogen-bond donors (Lipinski definition) is 1. The van der Waals surface area contributed by atoms with Gasteiger partial charge in [-0.1, -0.05) is 57.2 Å². The molecule has 5 nitrogen and oxygen atoms in total. The van der Waals surface area contributed by atoms with Crippen molar-refractivity contribution in [3.05, 3.63) is 88.2 Å². The van der Waals surface area contributed by atoms with Crippen molar-refractivity contribution in [1.29, 1.82) is 0 Å². The molecule has 1 N–H and O–H groups in total. The first kappa shape index (κ1) is 21.0. The van der Waals surface area contributed by atoms with E-state index in [1.165, 1.54) is 7.11 Å². The molecule has 31 heavy (non-hydrogen) atoms. The van der Waals surface area contributed by atoms with Gasteiger partial charge in [0.1, 0.15) is 23.4 Å². The van der Waals surface area contributed by atoms with E-state index in [0.717, 1.165) is 11.1 Å². The van der Waals surface area contributed by atoms with Gasteiger partial charge in [-0.15, -0.1) is 0 Å². The molecule has 0 saturated heterocycles. The summed E-state index contributed by atoms with van der Waals surface area (Å²) in [5, 5.41) is 10.8. The van der Waals surface area contributed by atoms with Crippen molar-refractivity contribution in [2.45, 2.75) is 32.5 Å². The number of carbonyl (C=O) groups excluding carboxylic acids is 1. The Bertz CT molecular complexity index is 1130. The van der Waals surface area contributed by atoms with E-state index in [4.69, 9.17) is 14.2 Å². The fourth-order valence-corrected chi connectivity index (χ4v) is 4.63. The molecule has 2 aliphatic rings. The predicted molar refractivity (Wildman–Crippen MR) is 118 cm³/mol. The van der Waals surface area contributed by atoms with Gasteiger partial charge in [-0.2, -0.15) is 0 Å². The summed E-state index contributed by atoms with van der Waals surface area (Å²) in [5.74, 6) is 3.17. The Morgan fingerprint density at radius 2 is 1.71 bits per heavy atom. The second-order valence-corrected chi connectivity index (χ2v) is 8.74. The van der Waals surface area contributed by atoms with Gasteiger partial charge in [0.2, 0.25) is 0 Å². The molecular weight excluding hydrogens is 392 g/mol. The second-order valence-electron chi connectivity index (χ2n) is 8.74. The van der Waals surface area contributed by atoms with Crippen LogP contribution in [0.5, 0.6) is 5.75 Å². The molecule has 0 bridgehead atoms. The van der Waals surface area contributed by atoms with E-state index in [0.29, 0.717) is 28.2 Å². The van der Waals surface area contributed by atoms with Crippen LogP contribution in [-0.4, -0.2) is 25.3 Å². The molecule has 1 aliphatic carbocycles. The van der Waals surface area contributed by atoms with Gasteiger partial charge in [-0.05, 0) is 29.3 Å². The summed E-state index contributed by atoms with van der Waals surface area (Å²) >= 11 is 0. The first-order valence-corrected chi connectivity index (χ1v) is 10.1. The molecule has 0 radical (unpaired) electrons. The van der Waals surface area contributed by atoms with Crippen LogP contribution < -0.4 is 4.74 Å². The van der Waals surface area contributed by atoms with Gasteiger partial charge < -0.3 is 19.3 Å². The number of fused-ring (bicyclic) bond motifs is 3. The zero-order chi connectivity index (χ0) is 22.4. The Hall–Kier alpha value is -3.27. The summed E-state index contributed by atoms with van der Waals surface area (Å²) in [6.07, 6.45) is 1.22. The summed E-state index contributed by atoms with van der Waals surface area (Å²) in [5.41, 5.74) is 1.67. The van der Waals surface area contributed by atoms with Crippen LogP contribution in [0, 0.1) is 5.41 Å². The van der Waals surface area contributed by atoms with E-state index in [1.807, 2.05) is 69.3 Å². The van der Waals surface area contributed by atoms with E-state index in [1.54, 1.807) is 13.2 Å². The van der Waals surface area contributed by atoms with Gasteiger partial charge in [0.15, 0.2) is 11.5 Å². The molecule has 0 aromatic heterocycles. The molecule has 5 heteroatoms. The first-order valence-electron chi connectivity index (χ1n) is 10.1. The average molecular weight is 418 g/mol. The molecule has 2 aromatic carbocycles. The molecule has 1 aliphatic heterocycles. The minimum Gasteiger partial charge on any atom is -0.504 e. The Kier molecular flexibility index (Phi) is 5.04. The molecule has 4 rings (SSSR count). The highest BCUT2D eigenvalue weighted by atomic mass is 16.5. The molecule has 2 unspecified atom stereocenters. The number of methoxy groups -OCH3 is 2. The van der Waals surface area contributed by atoms with Crippen LogP contribution in [0.25, 0.3) is 5.76 Å². The van der Waals surface area contributed by atoms with Crippen molar-refractivity contribution in [3.63, 3.8) is 0 Å². The summed E-state index contributed by atoms with van der Waals surface area (Å²) in [6.45, 7) is 6.10. The Morgan fingerprint density at radius 3 is 2.29 bits per heavy atom. The van der Waals surface area contributed by atoms with E-state index in [-0.39, 0.29) is 5.76 Å². The largest absolute Gasteiger partial charge is 0.504 e. The molecule has 2 atom stereocenters. The van der Waals surface area contributed by atoms with Crippen molar-refractivity contribution in [3.8, 4) is 5.75 Å². The number of benzene rings is 2. The lowest BCUT2D eigenvalue weighted by Gasteiger charge is -2.50. The highest BCUT2D eigenvalue weighted by Gasteiger charge is 2.54. The Morgan fingerprint density at radius 1 is 1.03 bits per heavy atom. The van der Waals surface area contributed by atoms with Crippen LogP contribution in [0.15, 0.2) is 71.5 Å². The van der Waals surface area contributed by atoms with Gasteiger partial charge in [-0.25, -0.2) is 4.79 Å². The maximum atomic E-state index is 12.3. The molecule has 0 amide bonds. The van der Waals surface area contributed by atoms with Crippen molar-refractivity contribution < 1.29 is 24.1 Å². The van der Waals surface area contributed by atoms with E-state index < -0.39 is 17.1 Å². The van der Waals surface area contributed by atoms with Crippen LogP contribution in [0.2, 0.25) is 0 Å². The van der Waals surface area contributed by atoms with Gasteiger partial charge in [0, 0.05) is 16.6 Å².